The quantitative estimate of drug-likeness (QED) is 0.138. The fourth-order valence-electron chi connectivity index (χ4n) is 5.03. The zero-order valence-corrected chi connectivity index (χ0v) is 27.0. The predicted molar refractivity (Wildman–Crippen MR) is 167 cm³/mol. The largest absolute Gasteiger partial charge is 0.456 e. The van der Waals surface area contributed by atoms with Crippen LogP contribution in [0.3, 0.4) is 0 Å². The SMILES string of the molecule is CC(C)=C(C(=O)OCc1cccc(C)c1)N1C(=O)C(NC(=O)c2c(-c3ccccc3Cl)noc2C)C1S(=O)(=O)Nc1cc(C)on1. The van der Waals surface area contributed by atoms with Crippen molar-refractivity contribution in [1.82, 2.24) is 20.5 Å². The number of hydrogen-bond acceptors (Lipinski definition) is 10. The molecule has 2 aromatic heterocycles. The van der Waals surface area contributed by atoms with E-state index >= 15 is 0 Å². The first kappa shape index (κ1) is 32.4. The Balaban J connectivity index is 1.48. The van der Waals surface area contributed by atoms with E-state index in [1.165, 1.54) is 26.8 Å². The third-order valence-corrected chi connectivity index (χ3v) is 9.04. The summed E-state index contributed by atoms with van der Waals surface area (Å²) in [7, 11) is -4.56. The van der Waals surface area contributed by atoms with Crippen LogP contribution >= 0.6 is 11.6 Å². The van der Waals surface area contributed by atoms with Gasteiger partial charge in [0, 0.05) is 11.6 Å². The van der Waals surface area contributed by atoms with Gasteiger partial charge in [0.1, 0.15) is 41.1 Å². The summed E-state index contributed by atoms with van der Waals surface area (Å²) in [6, 6.07) is 13.6. The van der Waals surface area contributed by atoms with E-state index in [0.717, 1.165) is 10.5 Å². The highest BCUT2D eigenvalue weighted by Gasteiger charge is 2.58. The highest BCUT2D eigenvalue weighted by Crippen LogP contribution is 2.35. The van der Waals surface area contributed by atoms with Crippen molar-refractivity contribution in [2.24, 2.45) is 0 Å². The lowest BCUT2D eigenvalue weighted by Crippen LogP contribution is -2.73. The molecule has 2 N–H and O–H groups in total. The molecule has 13 nitrogen and oxygen atoms in total. The first-order valence-electron chi connectivity index (χ1n) is 14.0. The summed E-state index contributed by atoms with van der Waals surface area (Å²) in [4.78, 5) is 41.6. The van der Waals surface area contributed by atoms with Crippen LogP contribution in [0, 0.1) is 20.8 Å². The summed E-state index contributed by atoms with van der Waals surface area (Å²) < 4.78 is 45.7. The first-order chi connectivity index (χ1) is 21.8. The number of likely N-dealkylation sites (tertiary alicyclic amines) is 1. The van der Waals surface area contributed by atoms with Crippen molar-refractivity contribution in [3.63, 3.8) is 0 Å². The number of carbonyl (C=O) groups excluding carboxylic acids is 3. The van der Waals surface area contributed by atoms with E-state index in [2.05, 4.69) is 20.4 Å². The van der Waals surface area contributed by atoms with Crippen molar-refractivity contribution in [3.05, 3.63) is 99.1 Å². The van der Waals surface area contributed by atoms with Crippen LogP contribution in [0.15, 0.2) is 74.9 Å². The second-order valence-corrected chi connectivity index (χ2v) is 13.1. The molecule has 46 heavy (non-hydrogen) atoms. The number of nitrogens with zero attached hydrogens (tertiary/aromatic N) is 3. The van der Waals surface area contributed by atoms with Gasteiger partial charge in [0.2, 0.25) is 0 Å². The molecule has 1 saturated heterocycles. The Morgan fingerprint density at radius 3 is 2.41 bits per heavy atom. The molecule has 1 fully saturated rings. The van der Waals surface area contributed by atoms with Crippen LogP contribution in [0.4, 0.5) is 5.82 Å². The van der Waals surface area contributed by atoms with Crippen LogP contribution in [-0.2, 0) is 31.0 Å². The first-order valence-corrected chi connectivity index (χ1v) is 15.9. The van der Waals surface area contributed by atoms with Crippen molar-refractivity contribution in [2.75, 3.05) is 4.72 Å². The molecule has 2 aromatic carbocycles. The number of amides is 2. The van der Waals surface area contributed by atoms with Gasteiger partial charge in [-0.15, -0.1) is 0 Å². The maximum Gasteiger partial charge on any atom is 0.355 e. The van der Waals surface area contributed by atoms with Crippen LogP contribution in [0.5, 0.6) is 0 Å². The number of hydrogen-bond donors (Lipinski definition) is 2. The lowest BCUT2D eigenvalue weighted by Gasteiger charge is -2.46. The molecule has 15 heteroatoms. The van der Waals surface area contributed by atoms with E-state index < -0.39 is 39.2 Å². The number of ether oxygens (including phenoxy) is 1. The lowest BCUT2D eigenvalue weighted by molar-refractivity contribution is -0.152. The highest BCUT2D eigenvalue weighted by molar-refractivity contribution is 7.93. The van der Waals surface area contributed by atoms with E-state index in [1.54, 1.807) is 43.3 Å². The maximum absolute atomic E-state index is 13.8. The second kappa shape index (κ2) is 12.8. The number of halogens is 1. The minimum atomic E-state index is -4.56. The Morgan fingerprint density at radius 2 is 1.76 bits per heavy atom. The molecule has 3 heterocycles. The van der Waals surface area contributed by atoms with Gasteiger partial charge in [-0.3, -0.25) is 19.2 Å². The molecule has 0 bridgehead atoms. The van der Waals surface area contributed by atoms with Crippen molar-refractivity contribution >= 4 is 45.2 Å². The monoisotopic (exact) mass is 667 g/mol. The van der Waals surface area contributed by atoms with E-state index in [1.807, 2.05) is 19.1 Å². The Labute approximate surface area is 269 Å². The standard InChI is InChI=1S/C31H30ClN5O8S/c1-16(2)27(31(40)43-15-20-10-8-9-17(3)13-20)37-29(39)26(30(37)46(41,42)36-23-14-18(4)44-34-23)33-28(38)24-19(5)45-35-25(24)21-11-6-7-12-22(21)32/h6-14,26,30H,15H2,1-5H3,(H,33,38)(H,34,36). The number of β-lactam (4-membered cyclic amide) rings is 1. The third-order valence-electron chi connectivity index (χ3n) is 7.10. The predicted octanol–water partition coefficient (Wildman–Crippen LogP) is 4.65. The molecule has 2 atom stereocenters. The molecule has 0 spiro atoms. The molecule has 0 radical (unpaired) electrons. The van der Waals surface area contributed by atoms with Crippen LogP contribution in [0.2, 0.25) is 5.02 Å². The number of nitrogens with one attached hydrogen (secondary N) is 2. The summed E-state index contributed by atoms with van der Waals surface area (Å²) in [6.45, 7) is 7.90. The molecule has 0 aliphatic carbocycles. The Morgan fingerprint density at radius 1 is 1.02 bits per heavy atom. The van der Waals surface area contributed by atoms with Crippen LogP contribution in [-0.4, -0.2) is 52.8 Å². The van der Waals surface area contributed by atoms with Crippen molar-refractivity contribution in [1.29, 1.82) is 0 Å². The van der Waals surface area contributed by atoms with Gasteiger partial charge < -0.3 is 19.1 Å². The number of esters is 1. The Hall–Kier alpha value is -4.95. The minimum absolute atomic E-state index is 0.0458. The van der Waals surface area contributed by atoms with E-state index in [9.17, 15) is 22.8 Å². The number of benzene rings is 2. The average Bonchev–Trinajstić information content (AvgIpc) is 3.58. The molecule has 1 aliphatic heterocycles. The van der Waals surface area contributed by atoms with E-state index in [-0.39, 0.29) is 35.1 Å². The number of aromatic nitrogens is 2. The zero-order chi connectivity index (χ0) is 33.3. The summed E-state index contributed by atoms with van der Waals surface area (Å²) in [5.74, 6) is -2.35. The summed E-state index contributed by atoms with van der Waals surface area (Å²) in [5.41, 5.74) is 2.12. The number of sulfonamides is 1. The molecule has 1 aliphatic rings. The Bertz CT molecular complexity index is 1980. The van der Waals surface area contributed by atoms with Crippen molar-refractivity contribution < 1.29 is 36.6 Å². The topological polar surface area (TPSA) is 174 Å². The van der Waals surface area contributed by atoms with Gasteiger partial charge in [0.15, 0.2) is 11.2 Å². The second-order valence-electron chi connectivity index (χ2n) is 10.9. The van der Waals surface area contributed by atoms with Crippen LogP contribution in [0.1, 0.15) is 46.9 Å². The number of aryl methyl sites for hydroxylation is 3. The van der Waals surface area contributed by atoms with Gasteiger partial charge in [-0.1, -0.05) is 69.9 Å². The van der Waals surface area contributed by atoms with Crippen molar-refractivity contribution in [2.45, 2.75) is 52.6 Å². The molecule has 2 unspecified atom stereocenters. The normalized spacial score (nSPS) is 16.0. The van der Waals surface area contributed by atoms with Crippen LogP contribution < -0.4 is 10.0 Å². The van der Waals surface area contributed by atoms with Gasteiger partial charge in [-0.2, -0.15) is 0 Å². The molecule has 4 aromatic rings. The fraction of sp³-hybridized carbons (Fsp3) is 0.258. The summed E-state index contributed by atoms with van der Waals surface area (Å²) >= 11 is 6.34. The van der Waals surface area contributed by atoms with E-state index in [0.29, 0.717) is 27.5 Å². The van der Waals surface area contributed by atoms with Crippen LogP contribution in [0.25, 0.3) is 11.3 Å². The third kappa shape index (κ3) is 6.39. The number of anilines is 1. The smallest absolute Gasteiger partial charge is 0.355 e. The number of carbonyl (C=O) groups is 3. The number of rotatable bonds is 10. The van der Waals surface area contributed by atoms with Crippen molar-refractivity contribution in [3.8, 4) is 11.3 Å². The molecule has 5 rings (SSSR count). The number of allylic oxidation sites excluding steroid dienone is 1. The fourth-order valence-corrected chi connectivity index (χ4v) is 6.79. The van der Waals surface area contributed by atoms with Gasteiger partial charge in [0.05, 0.1) is 5.02 Å². The summed E-state index contributed by atoms with van der Waals surface area (Å²) in [5, 5.41) is 8.64. The zero-order valence-electron chi connectivity index (χ0n) is 25.5. The van der Waals surface area contributed by atoms with E-state index in [4.69, 9.17) is 25.4 Å². The maximum atomic E-state index is 13.8. The molecular formula is C31H30ClN5O8S. The highest BCUT2D eigenvalue weighted by atomic mass is 35.5. The average molecular weight is 668 g/mol. The Kier molecular flexibility index (Phi) is 9.03. The van der Waals surface area contributed by atoms with Gasteiger partial charge >= 0.3 is 5.97 Å². The minimum Gasteiger partial charge on any atom is -0.456 e. The molecule has 0 saturated carbocycles. The molecule has 2 amide bonds. The van der Waals surface area contributed by atoms with Gasteiger partial charge in [-0.25, -0.2) is 13.2 Å². The molecule has 240 valence electrons. The van der Waals surface area contributed by atoms with Gasteiger partial charge in [-0.05, 0) is 51.8 Å². The lowest BCUT2D eigenvalue weighted by atomic mass is 10.0. The van der Waals surface area contributed by atoms with Gasteiger partial charge in [0.25, 0.3) is 21.8 Å². The summed E-state index contributed by atoms with van der Waals surface area (Å²) in [6.07, 6.45) is 0. The molecular weight excluding hydrogens is 638 g/mol.